The van der Waals surface area contributed by atoms with Crippen molar-refractivity contribution >= 4 is 11.7 Å². The third-order valence-corrected chi connectivity index (χ3v) is 2.87. The number of hydrogen-bond acceptors (Lipinski definition) is 3. The van der Waals surface area contributed by atoms with Gasteiger partial charge in [-0.15, -0.1) is 0 Å². The van der Waals surface area contributed by atoms with Crippen molar-refractivity contribution in [3.8, 4) is 0 Å². The van der Waals surface area contributed by atoms with Gasteiger partial charge in [0.1, 0.15) is 0 Å². The van der Waals surface area contributed by atoms with E-state index in [2.05, 4.69) is 11.9 Å². The number of carbonyl (C=O) groups excluding carboxylic acids is 1. The van der Waals surface area contributed by atoms with Crippen LogP contribution in [0.1, 0.15) is 18.1 Å². The van der Waals surface area contributed by atoms with Crippen LogP contribution >= 0.6 is 0 Å². The largest absolute Gasteiger partial charge is 0.467 e. The summed E-state index contributed by atoms with van der Waals surface area (Å²) in [6.45, 7) is 5.67. The van der Waals surface area contributed by atoms with Crippen LogP contribution in [0.15, 0.2) is 29.3 Å². The van der Waals surface area contributed by atoms with Crippen molar-refractivity contribution in [3.63, 3.8) is 0 Å². The van der Waals surface area contributed by atoms with Gasteiger partial charge in [-0.1, -0.05) is 24.3 Å². The summed E-state index contributed by atoms with van der Waals surface area (Å²) in [6, 6.07) is 7.86. The molecule has 1 aliphatic rings. The fourth-order valence-electron chi connectivity index (χ4n) is 2.06. The number of methoxy groups -OCH3 is 1. The molecule has 2 rings (SSSR count). The summed E-state index contributed by atoms with van der Waals surface area (Å²) in [5.41, 5.74) is 1.93. The van der Waals surface area contributed by atoms with E-state index in [9.17, 15) is 4.79 Å². The monoisotopic (exact) mass is 216 g/mol. The van der Waals surface area contributed by atoms with Gasteiger partial charge in [-0.3, -0.25) is 4.99 Å². The van der Waals surface area contributed by atoms with E-state index in [1.165, 1.54) is 7.11 Å². The van der Waals surface area contributed by atoms with Crippen LogP contribution < -0.4 is 0 Å². The van der Waals surface area contributed by atoms with E-state index in [1.807, 2.05) is 24.3 Å². The SMILES string of the molecule is [CH2]C1=NC(C)(C(=O)OC)Cc2ccccc21. The Hall–Kier alpha value is -1.64. The number of hydrogen-bond donors (Lipinski definition) is 0. The normalized spacial score (nSPS) is 23.3. The summed E-state index contributed by atoms with van der Waals surface area (Å²) >= 11 is 0. The molecule has 1 unspecified atom stereocenters. The van der Waals surface area contributed by atoms with Gasteiger partial charge in [0.2, 0.25) is 0 Å². The van der Waals surface area contributed by atoms with Gasteiger partial charge in [0, 0.05) is 12.1 Å². The summed E-state index contributed by atoms with van der Waals surface area (Å²) in [5, 5.41) is 0. The van der Waals surface area contributed by atoms with E-state index in [0.29, 0.717) is 12.1 Å². The third-order valence-electron chi connectivity index (χ3n) is 2.87. The third kappa shape index (κ3) is 1.62. The Balaban J connectivity index is 2.47. The molecule has 0 amide bonds. The smallest absolute Gasteiger partial charge is 0.333 e. The first kappa shape index (κ1) is 10.9. The lowest BCUT2D eigenvalue weighted by atomic mass is 9.86. The van der Waals surface area contributed by atoms with Crippen molar-refractivity contribution in [2.24, 2.45) is 4.99 Å². The fraction of sp³-hybridized carbons (Fsp3) is 0.308. The zero-order chi connectivity index (χ0) is 11.8. The Bertz CT molecular complexity index is 465. The zero-order valence-corrected chi connectivity index (χ0v) is 9.49. The van der Waals surface area contributed by atoms with Crippen molar-refractivity contribution in [2.45, 2.75) is 18.9 Å². The second-order valence-corrected chi connectivity index (χ2v) is 4.16. The van der Waals surface area contributed by atoms with Crippen LogP contribution in [0.2, 0.25) is 0 Å². The van der Waals surface area contributed by atoms with Crippen molar-refractivity contribution < 1.29 is 9.53 Å². The number of nitrogens with zero attached hydrogens (tertiary/aromatic N) is 1. The Morgan fingerprint density at radius 3 is 2.88 bits per heavy atom. The highest BCUT2D eigenvalue weighted by Crippen LogP contribution is 2.27. The summed E-state index contributed by atoms with van der Waals surface area (Å²) in [5.74, 6) is -0.317. The van der Waals surface area contributed by atoms with E-state index in [-0.39, 0.29) is 5.97 Å². The molecular weight excluding hydrogens is 202 g/mol. The predicted octanol–water partition coefficient (Wildman–Crippen LogP) is 1.80. The summed E-state index contributed by atoms with van der Waals surface area (Å²) in [6.07, 6.45) is 0.564. The number of esters is 1. The second-order valence-electron chi connectivity index (χ2n) is 4.16. The van der Waals surface area contributed by atoms with Crippen molar-refractivity contribution in [3.05, 3.63) is 42.3 Å². The fourth-order valence-corrected chi connectivity index (χ4v) is 2.06. The van der Waals surface area contributed by atoms with Crippen LogP contribution in [0.4, 0.5) is 0 Å². The molecule has 0 spiro atoms. The molecule has 0 fully saturated rings. The maximum absolute atomic E-state index is 11.7. The Morgan fingerprint density at radius 2 is 2.19 bits per heavy atom. The topological polar surface area (TPSA) is 38.7 Å². The molecule has 1 radical (unpaired) electrons. The summed E-state index contributed by atoms with van der Waals surface area (Å²) in [7, 11) is 1.38. The van der Waals surface area contributed by atoms with Gasteiger partial charge < -0.3 is 4.74 Å². The van der Waals surface area contributed by atoms with Crippen LogP contribution in [0.5, 0.6) is 0 Å². The minimum Gasteiger partial charge on any atom is -0.467 e. The standard InChI is InChI=1S/C13H14NO2/c1-9-11-7-5-4-6-10(11)8-13(2,14-9)12(15)16-3/h4-7H,1,8H2,2-3H3. The lowest BCUT2D eigenvalue weighted by Crippen LogP contribution is -2.40. The van der Waals surface area contributed by atoms with Crippen LogP contribution in [0, 0.1) is 6.92 Å². The van der Waals surface area contributed by atoms with Gasteiger partial charge in [0.05, 0.1) is 7.11 Å². The van der Waals surface area contributed by atoms with Gasteiger partial charge in [-0.05, 0) is 25.0 Å². The molecular formula is C13H14NO2. The first-order valence-corrected chi connectivity index (χ1v) is 5.15. The highest BCUT2D eigenvalue weighted by atomic mass is 16.5. The molecule has 0 aliphatic carbocycles. The molecule has 0 aromatic heterocycles. The van der Waals surface area contributed by atoms with Crippen LogP contribution in [-0.4, -0.2) is 24.3 Å². The maximum Gasteiger partial charge on any atom is 0.333 e. The van der Waals surface area contributed by atoms with Gasteiger partial charge >= 0.3 is 5.97 Å². The molecule has 1 aromatic rings. The molecule has 83 valence electrons. The number of ether oxygens (including phenoxy) is 1. The summed E-state index contributed by atoms with van der Waals surface area (Å²) < 4.78 is 4.78. The van der Waals surface area contributed by atoms with E-state index in [4.69, 9.17) is 4.74 Å². The van der Waals surface area contributed by atoms with Gasteiger partial charge in [-0.2, -0.15) is 0 Å². The highest BCUT2D eigenvalue weighted by Gasteiger charge is 2.37. The Kier molecular flexibility index (Phi) is 2.54. The molecule has 1 aliphatic heterocycles. The lowest BCUT2D eigenvalue weighted by molar-refractivity contribution is -0.146. The van der Waals surface area contributed by atoms with Crippen molar-refractivity contribution in [1.29, 1.82) is 0 Å². The Morgan fingerprint density at radius 1 is 1.50 bits per heavy atom. The van der Waals surface area contributed by atoms with E-state index >= 15 is 0 Å². The van der Waals surface area contributed by atoms with Gasteiger partial charge in [0.15, 0.2) is 5.54 Å². The maximum atomic E-state index is 11.7. The van der Waals surface area contributed by atoms with E-state index < -0.39 is 5.54 Å². The highest BCUT2D eigenvalue weighted by molar-refractivity contribution is 6.07. The predicted molar refractivity (Wildman–Crippen MR) is 62.5 cm³/mol. The quantitative estimate of drug-likeness (QED) is 0.671. The lowest BCUT2D eigenvalue weighted by Gasteiger charge is -2.28. The molecule has 16 heavy (non-hydrogen) atoms. The average molecular weight is 216 g/mol. The van der Waals surface area contributed by atoms with Gasteiger partial charge in [-0.25, -0.2) is 4.79 Å². The zero-order valence-electron chi connectivity index (χ0n) is 9.49. The van der Waals surface area contributed by atoms with Crippen LogP contribution in [0.25, 0.3) is 0 Å². The van der Waals surface area contributed by atoms with Crippen molar-refractivity contribution in [1.82, 2.24) is 0 Å². The molecule has 1 heterocycles. The van der Waals surface area contributed by atoms with Gasteiger partial charge in [0.25, 0.3) is 0 Å². The molecule has 1 aromatic carbocycles. The molecule has 0 saturated carbocycles. The molecule has 0 bridgehead atoms. The average Bonchev–Trinajstić information content (AvgIpc) is 2.27. The number of fused-ring (bicyclic) bond motifs is 1. The van der Waals surface area contributed by atoms with Crippen LogP contribution in [-0.2, 0) is 16.0 Å². The minimum absolute atomic E-state index is 0.317. The second kappa shape index (κ2) is 3.74. The molecule has 3 nitrogen and oxygen atoms in total. The molecule has 3 heteroatoms. The number of aliphatic imine (C=N–C) groups is 1. The van der Waals surface area contributed by atoms with Crippen molar-refractivity contribution in [2.75, 3.05) is 7.11 Å². The van der Waals surface area contributed by atoms with Crippen LogP contribution in [0.3, 0.4) is 0 Å². The number of rotatable bonds is 1. The molecule has 0 saturated heterocycles. The summed E-state index contributed by atoms with van der Waals surface area (Å²) in [4.78, 5) is 16.0. The minimum atomic E-state index is -0.833. The van der Waals surface area contributed by atoms with E-state index in [0.717, 1.165) is 11.1 Å². The Labute approximate surface area is 95.2 Å². The molecule has 0 N–H and O–H groups in total. The number of benzene rings is 1. The first-order chi connectivity index (χ1) is 7.57. The van der Waals surface area contributed by atoms with E-state index in [1.54, 1.807) is 6.92 Å². The molecule has 1 atom stereocenters. The number of carbonyl (C=O) groups is 1. The first-order valence-electron chi connectivity index (χ1n) is 5.15.